The summed E-state index contributed by atoms with van der Waals surface area (Å²) in [5.41, 5.74) is 2.55. The summed E-state index contributed by atoms with van der Waals surface area (Å²) in [6.07, 6.45) is 5.03. The minimum Gasteiger partial charge on any atom is -0.494 e. The molecule has 4 rings (SSSR count). The van der Waals surface area contributed by atoms with Crippen LogP contribution in [-0.4, -0.2) is 24.8 Å². The maximum atomic E-state index is 13.2. The summed E-state index contributed by atoms with van der Waals surface area (Å²) >= 11 is 5.91. The first-order valence-corrected chi connectivity index (χ1v) is 13.3. The molecular weight excluding hydrogens is 494 g/mol. The van der Waals surface area contributed by atoms with E-state index >= 15 is 0 Å². The summed E-state index contributed by atoms with van der Waals surface area (Å²) in [5.74, 6) is 0.694. The van der Waals surface area contributed by atoms with Gasteiger partial charge in [0.05, 0.1) is 17.2 Å². The SMILES string of the molecule is CCCCOc1cccc(-c2nn(-c3ccccc3)cc2C=C(C#N)S(=O)(=O)c2ccc(Cl)cc2)c1. The molecule has 0 unspecified atom stereocenters. The van der Waals surface area contributed by atoms with Gasteiger partial charge in [0, 0.05) is 22.3 Å². The van der Waals surface area contributed by atoms with Crippen LogP contribution in [0.1, 0.15) is 25.3 Å². The van der Waals surface area contributed by atoms with Gasteiger partial charge in [-0.05, 0) is 61.0 Å². The third kappa shape index (κ3) is 5.68. The second kappa shape index (κ2) is 11.3. The molecular formula is C28H24ClN3O3S. The monoisotopic (exact) mass is 517 g/mol. The summed E-state index contributed by atoms with van der Waals surface area (Å²) in [5, 5.41) is 15.0. The number of aromatic nitrogens is 2. The number of nitrogens with zero attached hydrogens (tertiary/aromatic N) is 3. The van der Waals surface area contributed by atoms with Crippen molar-refractivity contribution in [3.8, 4) is 28.8 Å². The molecule has 0 saturated heterocycles. The zero-order valence-electron chi connectivity index (χ0n) is 19.6. The Morgan fingerprint density at radius 3 is 2.53 bits per heavy atom. The molecule has 0 amide bonds. The van der Waals surface area contributed by atoms with E-state index in [9.17, 15) is 13.7 Å². The molecule has 8 heteroatoms. The van der Waals surface area contributed by atoms with Crippen molar-refractivity contribution in [2.45, 2.75) is 24.7 Å². The Morgan fingerprint density at radius 2 is 1.83 bits per heavy atom. The van der Waals surface area contributed by atoms with Crippen molar-refractivity contribution in [3.05, 3.63) is 101 Å². The second-order valence-electron chi connectivity index (χ2n) is 8.02. The average Bonchev–Trinajstić information content (AvgIpc) is 3.32. The molecule has 36 heavy (non-hydrogen) atoms. The van der Waals surface area contributed by atoms with Crippen LogP contribution in [0.15, 0.2) is 94.9 Å². The van der Waals surface area contributed by atoms with Gasteiger partial charge < -0.3 is 4.74 Å². The number of nitriles is 1. The van der Waals surface area contributed by atoms with Crippen LogP contribution in [0.2, 0.25) is 5.02 Å². The normalized spacial score (nSPS) is 11.8. The fraction of sp³-hybridized carbons (Fsp3) is 0.143. The van der Waals surface area contributed by atoms with Gasteiger partial charge in [-0.1, -0.05) is 55.3 Å². The molecule has 4 aromatic rings. The summed E-state index contributed by atoms with van der Waals surface area (Å²) in [6.45, 7) is 2.70. The van der Waals surface area contributed by atoms with Crippen LogP contribution in [0.5, 0.6) is 5.75 Å². The molecule has 0 aliphatic heterocycles. The Bertz CT molecular complexity index is 1520. The van der Waals surface area contributed by atoms with E-state index in [2.05, 4.69) is 6.92 Å². The molecule has 0 saturated carbocycles. The van der Waals surface area contributed by atoms with Crippen molar-refractivity contribution >= 4 is 27.5 Å². The topological polar surface area (TPSA) is 85.0 Å². The number of sulfone groups is 1. The number of ether oxygens (including phenoxy) is 1. The summed E-state index contributed by atoms with van der Waals surface area (Å²) in [4.78, 5) is -0.406. The van der Waals surface area contributed by atoms with Crippen molar-refractivity contribution < 1.29 is 13.2 Å². The van der Waals surface area contributed by atoms with Crippen LogP contribution in [-0.2, 0) is 9.84 Å². The minimum absolute atomic E-state index is 0.0111. The summed E-state index contributed by atoms with van der Waals surface area (Å²) in [6, 6.07) is 24.5. The Balaban J connectivity index is 1.82. The van der Waals surface area contributed by atoms with Crippen molar-refractivity contribution in [1.82, 2.24) is 9.78 Å². The van der Waals surface area contributed by atoms with Gasteiger partial charge in [0.2, 0.25) is 9.84 Å². The lowest BCUT2D eigenvalue weighted by Crippen LogP contribution is -2.03. The van der Waals surface area contributed by atoms with Gasteiger partial charge in [-0.25, -0.2) is 13.1 Å². The van der Waals surface area contributed by atoms with Crippen LogP contribution in [0.4, 0.5) is 0 Å². The van der Waals surface area contributed by atoms with Gasteiger partial charge in [0.1, 0.15) is 22.4 Å². The fourth-order valence-corrected chi connectivity index (χ4v) is 4.83. The highest BCUT2D eigenvalue weighted by Crippen LogP contribution is 2.30. The van der Waals surface area contributed by atoms with Crippen LogP contribution < -0.4 is 4.74 Å². The predicted octanol–water partition coefficient (Wildman–Crippen LogP) is 6.71. The lowest BCUT2D eigenvalue weighted by molar-refractivity contribution is 0.309. The minimum atomic E-state index is -4.06. The number of benzene rings is 3. The van der Waals surface area contributed by atoms with Gasteiger partial charge in [-0.3, -0.25) is 0 Å². The maximum Gasteiger partial charge on any atom is 0.216 e. The van der Waals surface area contributed by atoms with Crippen LogP contribution >= 0.6 is 11.6 Å². The van der Waals surface area contributed by atoms with Gasteiger partial charge in [-0.15, -0.1) is 0 Å². The number of allylic oxidation sites excluding steroid dienone is 1. The second-order valence-corrected chi connectivity index (χ2v) is 10.4. The number of para-hydroxylation sites is 1. The Morgan fingerprint density at radius 1 is 1.08 bits per heavy atom. The highest BCUT2D eigenvalue weighted by atomic mass is 35.5. The third-order valence-corrected chi connectivity index (χ3v) is 7.38. The molecule has 0 N–H and O–H groups in total. The zero-order chi connectivity index (χ0) is 25.5. The van der Waals surface area contributed by atoms with E-state index in [1.807, 2.05) is 60.7 Å². The van der Waals surface area contributed by atoms with E-state index < -0.39 is 14.7 Å². The van der Waals surface area contributed by atoms with E-state index in [-0.39, 0.29) is 4.90 Å². The zero-order valence-corrected chi connectivity index (χ0v) is 21.2. The smallest absolute Gasteiger partial charge is 0.216 e. The molecule has 0 aliphatic rings. The van der Waals surface area contributed by atoms with Crippen molar-refractivity contribution in [2.24, 2.45) is 0 Å². The molecule has 0 aliphatic carbocycles. The molecule has 6 nitrogen and oxygen atoms in total. The van der Waals surface area contributed by atoms with Crippen LogP contribution in [0.25, 0.3) is 23.0 Å². The Kier molecular flexibility index (Phi) is 7.89. The number of rotatable bonds is 9. The van der Waals surface area contributed by atoms with E-state index in [0.29, 0.717) is 28.6 Å². The first-order valence-electron chi connectivity index (χ1n) is 11.4. The lowest BCUT2D eigenvalue weighted by Gasteiger charge is -2.07. The van der Waals surface area contributed by atoms with Gasteiger partial charge >= 0.3 is 0 Å². The summed E-state index contributed by atoms with van der Waals surface area (Å²) in [7, 11) is -4.06. The highest BCUT2D eigenvalue weighted by molar-refractivity contribution is 7.95. The van der Waals surface area contributed by atoms with Gasteiger partial charge in [0.15, 0.2) is 0 Å². The number of unbranched alkanes of at least 4 members (excludes halogenated alkanes) is 1. The Hall–Kier alpha value is -3.86. The molecule has 0 radical (unpaired) electrons. The van der Waals surface area contributed by atoms with Gasteiger partial charge in [-0.2, -0.15) is 10.4 Å². The average molecular weight is 518 g/mol. The van der Waals surface area contributed by atoms with Gasteiger partial charge in [0.25, 0.3) is 0 Å². The quantitative estimate of drug-likeness (QED) is 0.182. The van der Waals surface area contributed by atoms with Crippen molar-refractivity contribution in [2.75, 3.05) is 6.61 Å². The van der Waals surface area contributed by atoms with E-state index in [4.69, 9.17) is 21.4 Å². The highest BCUT2D eigenvalue weighted by Gasteiger charge is 2.22. The lowest BCUT2D eigenvalue weighted by atomic mass is 10.1. The standard InChI is InChI=1S/C28H24ClN3O3S/c1-2-3-16-35-25-11-7-8-21(17-25)28-22(20-32(31-28)24-9-5-4-6-10-24)18-27(19-30)36(33,34)26-14-12-23(29)13-15-26/h4-15,17-18,20H,2-3,16H2,1H3. The predicted molar refractivity (Wildman–Crippen MR) is 142 cm³/mol. The fourth-order valence-electron chi connectivity index (χ4n) is 3.55. The molecule has 1 heterocycles. The molecule has 0 spiro atoms. The molecule has 1 aromatic heterocycles. The van der Waals surface area contributed by atoms with Crippen molar-refractivity contribution in [3.63, 3.8) is 0 Å². The van der Waals surface area contributed by atoms with E-state index in [1.165, 1.54) is 30.3 Å². The Labute approximate surface area is 216 Å². The first kappa shape index (κ1) is 25.2. The molecule has 182 valence electrons. The maximum absolute atomic E-state index is 13.2. The van der Waals surface area contributed by atoms with Crippen LogP contribution in [0.3, 0.4) is 0 Å². The van der Waals surface area contributed by atoms with Crippen LogP contribution in [0, 0.1) is 11.3 Å². The molecule has 0 fully saturated rings. The largest absolute Gasteiger partial charge is 0.494 e. The number of hydrogen-bond acceptors (Lipinski definition) is 5. The molecule has 0 bridgehead atoms. The molecule has 3 aromatic carbocycles. The van der Waals surface area contributed by atoms with E-state index in [0.717, 1.165) is 24.1 Å². The van der Waals surface area contributed by atoms with Crippen molar-refractivity contribution in [1.29, 1.82) is 5.26 Å². The number of halogens is 1. The van der Waals surface area contributed by atoms with E-state index in [1.54, 1.807) is 10.9 Å². The number of hydrogen-bond donors (Lipinski definition) is 0. The molecule has 0 atom stereocenters. The third-order valence-electron chi connectivity index (χ3n) is 5.45. The first-order chi connectivity index (χ1) is 17.4. The summed E-state index contributed by atoms with van der Waals surface area (Å²) < 4.78 is 34.0.